The van der Waals surface area contributed by atoms with Crippen molar-refractivity contribution in [3.05, 3.63) is 115 Å². The molecule has 2 aliphatic heterocycles. The van der Waals surface area contributed by atoms with Crippen LogP contribution in [0.3, 0.4) is 0 Å². The number of fused-ring (bicyclic) bond motifs is 14. The molecule has 3 nitrogen and oxygen atoms in total. The molecule has 206 valence electrons. The fourth-order valence-corrected chi connectivity index (χ4v) is 8.60. The molecule has 0 unspecified atom stereocenters. The number of hydrogen-bond donors (Lipinski definition) is 0. The van der Waals surface area contributed by atoms with Gasteiger partial charge in [-0.25, -0.2) is 0 Å². The van der Waals surface area contributed by atoms with Crippen molar-refractivity contribution in [1.29, 1.82) is 0 Å². The maximum Gasteiger partial charge on any atom is 0.256 e. The van der Waals surface area contributed by atoms with E-state index in [1.807, 2.05) is 0 Å². The number of rotatable bonds is 0. The molecule has 4 heteroatoms. The van der Waals surface area contributed by atoms with E-state index < -0.39 is 0 Å². The average molecular weight is 562 g/mol. The second-order valence-electron chi connectivity index (χ2n) is 13.7. The van der Waals surface area contributed by atoms with Crippen LogP contribution in [0.4, 0.5) is 0 Å². The van der Waals surface area contributed by atoms with E-state index in [2.05, 4.69) is 139 Å². The van der Waals surface area contributed by atoms with Crippen molar-refractivity contribution in [2.24, 2.45) is 0 Å². The minimum Gasteiger partial charge on any atom is -0.458 e. The van der Waals surface area contributed by atoms with Crippen LogP contribution in [-0.2, 0) is 5.41 Å². The topological polar surface area (TPSA) is 18.6 Å². The number of aromatic nitrogens is 2. The molecule has 11 rings (SSSR count). The first-order chi connectivity index (χ1) is 21.5. The number of para-hydroxylation sites is 3. The molecule has 0 N–H and O–H groups in total. The molecule has 44 heavy (non-hydrogen) atoms. The highest BCUT2D eigenvalue weighted by Crippen LogP contribution is 2.45. The molecule has 0 saturated carbocycles. The van der Waals surface area contributed by atoms with Crippen LogP contribution in [0, 0.1) is 0 Å². The summed E-state index contributed by atoms with van der Waals surface area (Å²) in [5.74, 6) is 1.92. The molecule has 5 heterocycles. The number of hydrogen-bond acceptors (Lipinski definition) is 1. The van der Waals surface area contributed by atoms with E-state index >= 15 is 0 Å². The van der Waals surface area contributed by atoms with Gasteiger partial charge >= 0.3 is 0 Å². The zero-order valence-electron chi connectivity index (χ0n) is 24.8. The summed E-state index contributed by atoms with van der Waals surface area (Å²) in [6.07, 6.45) is 0. The Balaban J connectivity index is 1.35. The third kappa shape index (κ3) is 2.55. The predicted molar refractivity (Wildman–Crippen MR) is 185 cm³/mol. The molecule has 3 aromatic heterocycles. The van der Waals surface area contributed by atoms with Crippen LogP contribution in [-0.4, -0.2) is 15.7 Å². The Morgan fingerprint density at radius 3 is 2.20 bits per heavy atom. The Labute approximate surface area is 254 Å². The molecule has 0 saturated heterocycles. The van der Waals surface area contributed by atoms with Gasteiger partial charge in [0.15, 0.2) is 0 Å². The minimum absolute atomic E-state index is 0.0483. The van der Waals surface area contributed by atoms with E-state index in [1.165, 1.54) is 87.5 Å². The molecular weight excluding hydrogens is 535 g/mol. The normalized spacial score (nSPS) is 13.9. The monoisotopic (exact) mass is 562 g/mol. The summed E-state index contributed by atoms with van der Waals surface area (Å²) in [5.41, 5.74) is 12.9. The second kappa shape index (κ2) is 7.46. The zero-order chi connectivity index (χ0) is 29.1. The average Bonchev–Trinajstić information content (AvgIpc) is 3.68. The van der Waals surface area contributed by atoms with Gasteiger partial charge in [0, 0.05) is 43.5 Å². The molecule has 2 aliphatic rings. The van der Waals surface area contributed by atoms with Crippen LogP contribution in [0.25, 0.3) is 65.6 Å². The van der Waals surface area contributed by atoms with Gasteiger partial charge in [-0.3, -0.25) is 0 Å². The van der Waals surface area contributed by atoms with E-state index in [0.29, 0.717) is 0 Å². The van der Waals surface area contributed by atoms with Crippen molar-refractivity contribution in [3.63, 3.8) is 0 Å². The standard InChI is InChI=1S/C40H27BN2O/c1-40(2,3)22-17-20-33-29(21-22)41-28-13-7-11-25-26-18-19-31-35(39(26)43(38(25)28)32-15-8-16-34(44-33)36(32)41)27-12-6-10-24-23-9-4-5-14-30(23)42(31)37(24)27/h4-21H,1-3H3. The molecule has 0 fully saturated rings. The highest BCUT2D eigenvalue weighted by atomic mass is 16.5. The van der Waals surface area contributed by atoms with Crippen molar-refractivity contribution in [1.82, 2.24) is 8.97 Å². The van der Waals surface area contributed by atoms with Crippen molar-refractivity contribution < 1.29 is 4.74 Å². The summed E-state index contributed by atoms with van der Waals surface area (Å²) in [6.45, 7) is 6.98. The third-order valence-electron chi connectivity index (χ3n) is 10.5. The van der Waals surface area contributed by atoms with Crippen molar-refractivity contribution >= 4 is 83.0 Å². The van der Waals surface area contributed by atoms with E-state index in [0.717, 1.165) is 11.5 Å². The minimum atomic E-state index is 0.0483. The lowest BCUT2D eigenvalue weighted by Crippen LogP contribution is -2.58. The van der Waals surface area contributed by atoms with Crippen LogP contribution in [0.5, 0.6) is 11.5 Å². The lowest BCUT2D eigenvalue weighted by molar-refractivity contribution is 0.486. The van der Waals surface area contributed by atoms with Gasteiger partial charge in [0.05, 0.1) is 22.1 Å². The SMILES string of the molecule is CC(C)(C)c1ccc2c(c1)B1c3c(cccc3-n3c4c1cccc4c1ccc4c(c5cccc6c7ccccc7n4c65)c13)O2. The number of nitrogens with zero attached hydrogens (tertiary/aromatic N) is 2. The van der Waals surface area contributed by atoms with Crippen LogP contribution >= 0.6 is 0 Å². The Morgan fingerprint density at radius 2 is 1.32 bits per heavy atom. The number of ether oxygens (including phenoxy) is 1. The second-order valence-corrected chi connectivity index (χ2v) is 13.7. The molecule has 6 aromatic carbocycles. The summed E-state index contributed by atoms with van der Waals surface area (Å²) in [4.78, 5) is 0. The first-order valence-corrected chi connectivity index (χ1v) is 15.6. The van der Waals surface area contributed by atoms with Gasteiger partial charge in [-0.2, -0.15) is 0 Å². The van der Waals surface area contributed by atoms with Gasteiger partial charge in [-0.1, -0.05) is 99.6 Å². The van der Waals surface area contributed by atoms with E-state index in [9.17, 15) is 0 Å². The van der Waals surface area contributed by atoms with Crippen LogP contribution in [0.1, 0.15) is 26.3 Å². The quantitative estimate of drug-likeness (QED) is 0.171. The predicted octanol–water partition coefficient (Wildman–Crippen LogP) is 8.17. The Bertz CT molecular complexity index is 2740. The highest BCUT2D eigenvalue weighted by Gasteiger charge is 2.41. The van der Waals surface area contributed by atoms with E-state index in [4.69, 9.17) is 4.74 Å². The first kappa shape index (κ1) is 23.3. The molecule has 0 bridgehead atoms. The van der Waals surface area contributed by atoms with Crippen molar-refractivity contribution in [2.75, 3.05) is 0 Å². The molecule has 0 radical (unpaired) electrons. The van der Waals surface area contributed by atoms with Gasteiger partial charge in [0.1, 0.15) is 11.5 Å². The van der Waals surface area contributed by atoms with Crippen LogP contribution < -0.4 is 21.1 Å². The van der Waals surface area contributed by atoms with Gasteiger partial charge in [-0.15, -0.1) is 0 Å². The summed E-state index contributed by atoms with van der Waals surface area (Å²) in [5, 5.41) is 7.86. The van der Waals surface area contributed by atoms with Gasteiger partial charge < -0.3 is 13.7 Å². The van der Waals surface area contributed by atoms with E-state index in [-0.39, 0.29) is 12.1 Å². The summed E-state index contributed by atoms with van der Waals surface area (Å²) in [7, 11) is 0. The van der Waals surface area contributed by atoms with Crippen LogP contribution in [0.15, 0.2) is 109 Å². The van der Waals surface area contributed by atoms with Crippen LogP contribution in [0.2, 0.25) is 0 Å². The van der Waals surface area contributed by atoms with Gasteiger partial charge in [-0.05, 0) is 57.7 Å². The summed E-state index contributed by atoms with van der Waals surface area (Å²) >= 11 is 0. The van der Waals surface area contributed by atoms with Crippen molar-refractivity contribution in [3.8, 4) is 17.2 Å². The fourth-order valence-electron chi connectivity index (χ4n) is 8.60. The molecule has 0 atom stereocenters. The third-order valence-corrected chi connectivity index (χ3v) is 10.5. The molecule has 0 aliphatic carbocycles. The molecule has 9 aromatic rings. The summed E-state index contributed by atoms with van der Waals surface area (Å²) < 4.78 is 11.7. The zero-order valence-corrected chi connectivity index (χ0v) is 24.8. The Morgan fingerprint density at radius 1 is 0.568 bits per heavy atom. The largest absolute Gasteiger partial charge is 0.458 e. The molecular formula is C40H27BN2O. The summed E-state index contributed by atoms with van der Waals surface area (Å²) in [6, 6.07) is 40.7. The van der Waals surface area contributed by atoms with E-state index in [1.54, 1.807) is 0 Å². The molecule has 0 amide bonds. The number of benzene rings is 6. The maximum atomic E-state index is 6.70. The lowest BCUT2D eigenvalue weighted by atomic mass is 9.34. The lowest BCUT2D eigenvalue weighted by Gasteiger charge is -2.34. The van der Waals surface area contributed by atoms with Gasteiger partial charge in [0.2, 0.25) is 0 Å². The first-order valence-electron chi connectivity index (χ1n) is 15.6. The maximum absolute atomic E-state index is 6.70. The molecule has 0 spiro atoms. The van der Waals surface area contributed by atoms with Gasteiger partial charge in [0.25, 0.3) is 6.71 Å². The van der Waals surface area contributed by atoms with Crippen molar-refractivity contribution in [2.45, 2.75) is 26.2 Å². The Kier molecular flexibility index (Phi) is 3.94. The smallest absolute Gasteiger partial charge is 0.256 e. The highest BCUT2D eigenvalue weighted by molar-refractivity contribution is 6.99. The fraction of sp³-hybridized carbons (Fsp3) is 0.100. The Hall–Kier alpha value is -5.22.